The molecule has 0 heterocycles. The number of hydrogen-bond acceptors (Lipinski definition) is 5. The van der Waals surface area contributed by atoms with Gasteiger partial charge in [0.2, 0.25) is 0 Å². The van der Waals surface area contributed by atoms with Gasteiger partial charge in [0.25, 0.3) is 5.91 Å². The number of ether oxygens (including phenoxy) is 1. The van der Waals surface area contributed by atoms with Gasteiger partial charge in [-0.1, -0.05) is 19.9 Å². The van der Waals surface area contributed by atoms with E-state index in [9.17, 15) is 9.90 Å². The highest BCUT2D eigenvalue weighted by Crippen LogP contribution is 2.28. The molecule has 0 aliphatic rings. The van der Waals surface area contributed by atoms with E-state index in [1.54, 1.807) is 48.7 Å². The van der Waals surface area contributed by atoms with Gasteiger partial charge in [0.15, 0.2) is 11.5 Å². The number of carbonyl (C=O) groups excluding carboxylic acids is 1. The summed E-state index contributed by atoms with van der Waals surface area (Å²) in [6, 6.07) is 12.2. The van der Waals surface area contributed by atoms with Crippen molar-refractivity contribution in [1.29, 1.82) is 0 Å². The second-order valence-corrected chi connectivity index (χ2v) is 5.99. The number of nitrogens with one attached hydrogen (secondary N) is 1. The van der Waals surface area contributed by atoms with E-state index in [0.29, 0.717) is 29.1 Å². The first-order chi connectivity index (χ1) is 13.1. The van der Waals surface area contributed by atoms with Crippen LogP contribution in [-0.2, 0) is 0 Å². The highest BCUT2D eigenvalue weighted by molar-refractivity contribution is 5.94. The summed E-state index contributed by atoms with van der Waals surface area (Å²) in [5, 5.41) is 13.0. The maximum Gasteiger partial charge on any atom is 0.251 e. The zero-order valence-electron chi connectivity index (χ0n) is 16.1. The van der Waals surface area contributed by atoms with Gasteiger partial charge in [0, 0.05) is 30.4 Å². The number of para-hydroxylation sites is 1. The average Bonchev–Trinajstić information content (AvgIpc) is 2.70. The van der Waals surface area contributed by atoms with Crippen molar-refractivity contribution in [2.24, 2.45) is 4.99 Å². The van der Waals surface area contributed by atoms with Crippen LogP contribution < -0.4 is 10.1 Å². The van der Waals surface area contributed by atoms with Crippen LogP contribution in [-0.4, -0.2) is 55.4 Å². The van der Waals surface area contributed by atoms with Crippen LogP contribution in [0.2, 0.25) is 0 Å². The molecule has 0 saturated heterocycles. The molecule has 0 aliphatic heterocycles. The number of likely N-dealkylation sites (N-methyl/N-ethyl adjacent to an activating group) is 1. The molecule has 0 spiro atoms. The van der Waals surface area contributed by atoms with Crippen LogP contribution in [0, 0.1) is 0 Å². The fraction of sp³-hybridized carbons (Fsp3) is 0.333. The van der Waals surface area contributed by atoms with Crippen LogP contribution in [0.1, 0.15) is 29.8 Å². The highest BCUT2D eigenvalue weighted by Gasteiger charge is 2.07. The number of nitrogens with zero attached hydrogens (tertiary/aromatic N) is 2. The number of benzene rings is 2. The fourth-order valence-electron chi connectivity index (χ4n) is 2.62. The molecule has 0 radical (unpaired) electrons. The Bertz CT molecular complexity index is 769. The summed E-state index contributed by atoms with van der Waals surface area (Å²) in [7, 11) is 1.50. The number of phenols is 1. The van der Waals surface area contributed by atoms with Crippen molar-refractivity contribution in [3.05, 3.63) is 53.6 Å². The van der Waals surface area contributed by atoms with E-state index in [-0.39, 0.29) is 11.7 Å². The van der Waals surface area contributed by atoms with Gasteiger partial charge < -0.3 is 20.1 Å². The second kappa shape index (κ2) is 10.3. The Kier molecular flexibility index (Phi) is 7.82. The highest BCUT2D eigenvalue weighted by atomic mass is 16.5. The molecule has 0 aliphatic carbocycles. The van der Waals surface area contributed by atoms with Gasteiger partial charge in [-0.2, -0.15) is 0 Å². The number of aliphatic imine (C=N–C) groups is 1. The van der Waals surface area contributed by atoms with Crippen LogP contribution in [0.5, 0.6) is 11.5 Å². The van der Waals surface area contributed by atoms with Crippen molar-refractivity contribution in [2.45, 2.75) is 13.8 Å². The molecule has 1 amide bonds. The SMILES string of the molecule is CCN(CC)CCNC(=O)c1ccc(N=Cc2cccc(OC)c2O)cc1. The lowest BCUT2D eigenvalue weighted by atomic mass is 10.2. The number of carbonyl (C=O) groups is 1. The Balaban J connectivity index is 1.96. The summed E-state index contributed by atoms with van der Waals surface area (Å²) >= 11 is 0. The molecular weight excluding hydrogens is 342 g/mol. The third kappa shape index (κ3) is 5.82. The molecule has 2 N–H and O–H groups in total. The van der Waals surface area contributed by atoms with Crippen molar-refractivity contribution in [1.82, 2.24) is 10.2 Å². The lowest BCUT2D eigenvalue weighted by Gasteiger charge is -2.17. The van der Waals surface area contributed by atoms with Crippen LogP contribution in [0.25, 0.3) is 0 Å². The van der Waals surface area contributed by atoms with Crippen molar-refractivity contribution >= 4 is 17.8 Å². The van der Waals surface area contributed by atoms with E-state index in [1.807, 2.05) is 0 Å². The van der Waals surface area contributed by atoms with E-state index in [0.717, 1.165) is 19.6 Å². The van der Waals surface area contributed by atoms with Gasteiger partial charge in [-0.05, 0) is 49.5 Å². The zero-order valence-corrected chi connectivity index (χ0v) is 16.1. The molecule has 27 heavy (non-hydrogen) atoms. The minimum atomic E-state index is -0.0943. The van der Waals surface area contributed by atoms with E-state index in [2.05, 4.69) is 29.1 Å². The standard InChI is InChI=1S/C21H27N3O3/c1-4-24(5-2)14-13-22-21(26)16-9-11-18(12-10-16)23-15-17-7-6-8-19(27-3)20(17)25/h6-12,15,25H,4-5,13-14H2,1-3H3,(H,22,26). The summed E-state index contributed by atoms with van der Waals surface area (Å²) in [4.78, 5) is 18.8. The van der Waals surface area contributed by atoms with Crippen molar-refractivity contribution in [3.63, 3.8) is 0 Å². The minimum absolute atomic E-state index is 0.0490. The van der Waals surface area contributed by atoms with E-state index in [4.69, 9.17) is 4.74 Å². The first-order valence-corrected chi connectivity index (χ1v) is 9.09. The fourth-order valence-corrected chi connectivity index (χ4v) is 2.62. The molecule has 144 valence electrons. The maximum atomic E-state index is 12.2. The minimum Gasteiger partial charge on any atom is -0.504 e. The van der Waals surface area contributed by atoms with Crippen LogP contribution >= 0.6 is 0 Å². The van der Waals surface area contributed by atoms with E-state index in [1.165, 1.54) is 7.11 Å². The largest absolute Gasteiger partial charge is 0.504 e. The first-order valence-electron chi connectivity index (χ1n) is 9.09. The molecule has 0 saturated carbocycles. The van der Waals surface area contributed by atoms with Crippen LogP contribution in [0.4, 0.5) is 5.69 Å². The van der Waals surface area contributed by atoms with Crippen molar-refractivity contribution in [3.8, 4) is 11.5 Å². The smallest absolute Gasteiger partial charge is 0.251 e. The third-order valence-electron chi connectivity index (χ3n) is 4.34. The Hall–Kier alpha value is -2.86. The van der Waals surface area contributed by atoms with E-state index < -0.39 is 0 Å². The number of hydrogen-bond donors (Lipinski definition) is 2. The Morgan fingerprint density at radius 1 is 1.19 bits per heavy atom. The topological polar surface area (TPSA) is 74.2 Å². The molecule has 0 atom stereocenters. The van der Waals surface area contributed by atoms with Crippen molar-refractivity contribution < 1.29 is 14.6 Å². The molecule has 0 aromatic heterocycles. The number of aromatic hydroxyl groups is 1. The van der Waals surface area contributed by atoms with Gasteiger partial charge in [0.1, 0.15) is 0 Å². The molecule has 6 nitrogen and oxygen atoms in total. The first kappa shape index (κ1) is 20.5. The number of amides is 1. The summed E-state index contributed by atoms with van der Waals surface area (Å²) in [5.41, 5.74) is 1.85. The summed E-state index contributed by atoms with van der Waals surface area (Å²) < 4.78 is 5.08. The quantitative estimate of drug-likeness (QED) is 0.666. The summed E-state index contributed by atoms with van der Waals surface area (Å²) in [5.74, 6) is 0.353. The van der Waals surface area contributed by atoms with Gasteiger partial charge in [-0.3, -0.25) is 9.79 Å². The Labute approximate surface area is 160 Å². The normalized spacial score (nSPS) is 11.1. The molecule has 6 heteroatoms. The molecular formula is C21H27N3O3. The number of rotatable bonds is 9. The molecule has 2 rings (SSSR count). The zero-order chi connectivity index (χ0) is 19.6. The van der Waals surface area contributed by atoms with Gasteiger partial charge in [0.05, 0.1) is 12.8 Å². The summed E-state index contributed by atoms with van der Waals surface area (Å²) in [6.45, 7) is 7.62. The van der Waals surface area contributed by atoms with E-state index >= 15 is 0 Å². The average molecular weight is 369 g/mol. The maximum absolute atomic E-state index is 12.2. The van der Waals surface area contributed by atoms with Crippen LogP contribution in [0.3, 0.4) is 0 Å². The molecule has 2 aromatic carbocycles. The molecule has 0 bridgehead atoms. The lowest BCUT2D eigenvalue weighted by molar-refractivity contribution is 0.0949. The van der Waals surface area contributed by atoms with Gasteiger partial charge in [-0.25, -0.2) is 0 Å². The monoisotopic (exact) mass is 369 g/mol. The van der Waals surface area contributed by atoms with Gasteiger partial charge >= 0.3 is 0 Å². The number of phenolic OH excluding ortho intramolecular Hbond substituents is 1. The third-order valence-corrected chi connectivity index (χ3v) is 4.34. The van der Waals surface area contributed by atoms with Crippen LogP contribution in [0.15, 0.2) is 47.5 Å². The Morgan fingerprint density at radius 3 is 2.52 bits per heavy atom. The predicted octanol–water partition coefficient (Wildman–Crippen LogP) is 3.22. The van der Waals surface area contributed by atoms with Crippen molar-refractivity contribution in [2.75, 3.05) is 33.3 Å². The van der Waals surface area contributed by atoms with Gasteiger partial charge in [-0.15, -0.1) is 0 Å². The number of methoxy groups -OCH3 is 1. The molecule has 2 aromatic rings. The predicted molar refractivity (Wildman–Crippen MR) is 108 cm³/mol. The lowest BCUT2D eigenvalue weighted by Crippen LogP contribution is -2.34. The Morgan fingerprint density at radius 2 is 1.89 bits per heavy atom. The molecule has 0 unspecified atom stereocenters. The molecule has 0 fully saturated rings. The second-order valence-electron chi connectivity index (χ2n) is 5.99. The summed E-state index contributed by atoms with van der Waals surface area (Å²) in [6.07, 6.45) is 1.57.